The fourth-order valence-corrected chi connectivity index (χ4v) is 1.78. The molecule has 0 saturated heterocycles. The quantitative estimate of drug-likeness (QED) is 0.536. The Morgan fingerprint density at radius 3 is 2.62 bits per heavy atom. The second-order valence-electron chi connectivity index (χ2n) is 3.84. The van der Waals surface area contributed by atoms with Crippen molar-refractivity contribution in [3.05, 3.63) is 62.9 Å². The van der Waals surface area contributed by atoms with Crippen molar-refractivity contribution < 1.29 is 18.5 Å². The number of anilines is 1. The van der Waals surface area contributed by atoms with Crippen molar-refractivity contribution in [3.63, 3.8) is 0 Å². The molecule has 1 N–H and O–H groups in total. The predicted octanol–water partition coefficient (Wildman–Crippen LogP) is 3.17. The molecule has 0 radical (unpaired) electrons. The minimum Gasteiger partial charge on any atom is -0.322 e. The fraction of sp³-hybridized carbons (Fsp3) is 0. The van der Waals surface area contributed by atoms with Gasteiger partial charge in [0, 0.05) is 18.0 Å². The van der Waals surface area contributed by atoms with Crippen molar-refractivity contribution in [1.29, 1.82) is 0 Å². The summed E-state index contributed by atoms with van der Waals surface area (Å²) in [6.07, 6.45) is 1.12. The van der Waals surface area contributed by atoms with E-state index in [9.17, 15) is 23.7 Å². The molecule has 2 aromatic rings. The number of carbonyl (C=O) groups excluding carboxylic acids is 1. The van der Waals surface area contributed by atoms with E-state index >= 15 is 0 Å². The van der Waals surface area contributed by atoms with Gasteiger partial charge >= 0.3 is 5.69 Å². The number of hydrogen-bond acceptors (Lipinski definition) is 4. The number of carbonyl (C=O) groups is 1. The number of rotatable bonds is 3. The van der Waals surface area contributed by atoms with Crippen LogP contribution in [0.1, 0.15) is 10.4 Å². The van der Waals surface area contributed by atoms with Gasteiger partial charge in [0.2, 0.25) is 5.15 Å². The van der Waals surface area contributed by atoms with Crippen molar-refractivity contribution >= 4 is 28.9 Å². The molecule has 21 heavy (non-hydrogen) atoms. The molecule has 0 atom stereocenters. The van der Waals surface area contributed by atoms with Crippen LogP contribution < -0.4 is 5.32 Å². The molecule has 6 nitrogen and oxygen atoms in total. The van der Waals surface area contributed by atoms with Crippen molar-refractivity contribution in [1.82, 2.24) is 4.98 Å². The summed E-state index contributed by atoms with van der Waals surface area (Å²) in [5.74, 6) is -3.13. The minimum atomic E-state index is -1.16. The topological polar surface area (TPSA) is 85.1 Å². The van der Waals surface area contributed by atoms with Crippen molar-refractivity contribution in [3.8, 4) is 0 Å². The summed E-state index contributed by atoms with van der Waals surface area (Å²) < 4.78 is 25.8. The SMILES string of the molecule is O=C(Nc1ccc(F)c(F)c1)c1ccnc(Cl)c1[N+](=O)[O-]. The van der Waals surface area contributed by atoms with Gasteiger partial charge in [0.15, 0.2) is 11.6 Å². The maximum atomic E-state index is 13.0. The van der Waals surface area contributed by atoms with E-state index < -0.39 is 33.3 Å². The smallest absolute Gasteiger partial charge is 0.319 e. The third-order valence-electron chi connectivity index (χ3n) is 2.48. The van der Waals surface area contributed by atoms with Gasteiger partial charge in [-0.3, -0.25) is 14.9 Å². The van der Waals surface area contributed by atoms with E-state index in [2.05, 4.69) is 10.3 Å². The lowest BCUT2D eigenvalue weighted by Gasteiger charge is -2.06. The van der Waals surface area contributed by atoms with Gasteiger partial charge in [0.1, 0.15) is 5.56 Å². The van der Waals surface area contributed by atoms with E-state index in [0.717, 1.165) is 30.5 Å². The number of nitrogens with zero attached hydrogens (tertiary/aromatic N) is 2. The summed E-state index contributed by atoms with van der Waals surface area (Å²) >= 11 is 5.58. The Morgan fingerprint density at radius 2 is 2.00 bits per heavy atom. The molecule has 9 heteroatoms. The highest BCUT2D eigenvalue weighted by atomic mass is 35.5. The summed E-state index contributed by atoms with van der Waals surface area (Å²) in [4.78, 5) is 25.5. The Hall–Kier alpha value is -2.61. The van der Waals surface area contributed by atoms with Crippen molar-refractivity contribution in [2.75, 3.05) is 5.32 Å². The van der Waals surface area contributed by atoms with E-state index in [1.54, 1.807) is 0 Å². The molecule has 0 aliphatic heterocycles. The van der Waals surface area contributed by atoms with E-state index in [0.29, 0.717) is 0 Å². The van der Waals surface area contributed by atoms with E-state index in [4.69, 9.17) is 11.6 Å². The summed E-state index contributed by atoms with van der Waals surface area (Å²) in [7, 11) is 0. The number of pyridine rings is 1. The predicted molar refractivity (Wildman–Crippen MR) is 70.2 cm³/mol. The van der Waals surface area contributed by atoms with Crippen LogP contribution in [0.2, 0.25) is 5.15 Å². The van der Waals surface area contributed by atoms with Gasteiger partial charge in [-0.2, -0.15) is 0 Å². The molecule has 0 aliphatic rings. The number of aromatic nitrogens is 1. The Bertz CT molecular complexity index is 740. The van der Waals surface area contributed by atoms with Gasteiger partial charge in [0.05, 0.1) is 4.92 Å². The van der Waals surface area contributed by atoms with Crippen LogP contribution in [0.25, 0.3) is 0 Å². The number of hydrogen-bond donors (Lipinski definition) is 1. The van der Waals surface area contributed by atoms with Crippen LogP contribution in [-0.4, -0.2) is 15.8 Å². The minimum absolute atomic E-state index is 0.0545. The third-order valence-corrected chi connectivity index (χ3v) is 2.76. The Kier molecular flexibility index (Phi) is 4.08. The highest BCUT2D eigenvalue weighted by Crippen LogP contribution is 2.26. The van der Waals surface area contributed by atoms with Gasteiger partial charge in [-0.05, 0) is 18.2 Å². The maximum absolute atomic E-state index is 13.0. The van der Waals surface area contributed by atoms with Gasteiger partial charge in [0.25, 0.3) is 5.91 Å². The molecule has 0 aliphatic carbocycles. The summed E-state index contributed by atoms with van der Waals surface area (Å²) in [5.41, 5.74) is -1.06. The van der Waals surface area contributed by atoms with Crippen LogP contribution in [0.15, 0.2) is 30.5 Å². The fourth-order valence-electron chi connectivity index (χ4n) is 1.56. The van der Waals surface area contributed by atoms with Crippen LogP contribution >= 0.6 is 11.6 Å². The number of halogens is 3. The first-order valence-corrected chi connectivity index (χ1v) is 5.83. The largest absolute Gasteiger partial charge is 0.322 e. The zero-order valence-corrected chi connectivity index (χ0v) is 10.9. The van der Waals surface area contributed by atoms with Gasteiger partial charge in [-0.1, -0.05) is 11.6 Å². The number of nitro groups is 1. The van der Waals surface area contributed by atoms with Crippen molar-refractivity contribution in [2.24, 2.45) is 0 Å². The lowest BCUT2D eigenvalue weighted by Crippen LogP contribution is -2.14. The molecule has 1 heterocycles. The number of benzene rings is 1. The lowest BCUT2D eigenvalue weighted by molar-refractivity contribution is -0.385. The summed E-state index contributed by atoms with van der Waals surface area (Å²) in [5, 5.41) is 12.7. The standard InChI is InChI=1S/C12H6ClF2N3O3/c13-11-10(18(20)21)7(3-4-16-11)12(19)17-6-1-2-8(14)9(15)5-6/h1-5H,(H,17,19). The van der Waals surface area contributed by atoms with Crippen LogP contribution in [-0.2, 0) is 0 Å². The van der Waals surface area contributed by atoms with Crippen molar-refractivity contribution in [2.45, 2.75) is 0 Å². The monoisotopic (exact) mass is 313 g/mol. The summed E-state index contributed by atoms with van der Waals surface area (Å²) in [6, 6.07) is 3.78. The molecular weight excluding hydrogens is 308 g/mol. The van der Waals surface area contributed by atoms with E-state index in [-0.39, 0.29) is 11.3 Å². The summed E-state index contributed by atoms with van der Waals surface area (Å²) in [6.45, 7) is 0. The molecule has 108 valence electrons. The average Bonchev–Trinajstić information content (AvgIpc) is 2.42. The second kappa shape index (κ2) is 5.80. The number of amides is 1. The second-order valence-corrected chi connectivity index (χ2v) is 4.20. The molecular formula is C12H6ClF2N3O3. The first-order valence-electron chi connectivity index (χ1n) is 5.45. The molecule has 0 unspecified atom stereocenters. The first-order chi connectivity index (χ1) is 9.90. The molecule has 0 spiro atoms. The van der Waals surface area contributed by atoms with E-state index in [1.807, 2.05) is 0 Å². The molecule has 2 rings (SSSR count). The Morgan fingerprint density at radius 1 is 1.29 bits per heavy atom. The molecule has 1 aromatic heterocycles. The maximum Gasteiger partial charge on any atom is 0.319 e. The van der Waals surface area contributed by atoms with Gasteiger partial charge in [-0.15, -0.1) is 0 Å². The number of nitrogens with one attached hydrogen (secondary N) is 1. The molecule has 0 saturated carbocycles. The first kappa shape index (κ1) is 14.8. The van der Waals surface area contributed by atoms with Gasteiger partial charge < -0.3 is 5.32 Å². The van der Waals surface area contributed by atoms with E-state index in [1.165, 1.54) is 0 Å². The van der Waals surface area contributed by atoms with Crippen LogP contribution in [0.3, 0.4) is 0 Å². The normalized spacial score (nSPS) is 10.2. The highest BCUT2D eigenvalue weighted by Gasteiger charge is 2.25. The Balaban J connectivity index is 2.35. The van der Waals surface area contributed by atoms with Crippen LogP contribution in [0.5, 0.6) is 0 Å². The molecule has 1 aromatic carbocycles. The third kappa shape index (κ3) is 3.11. The molecule has 1 amide bonds. The average molecular weight is 314 g/mol. The van der Waals surface area contributed by atoms with Crippen LogP contribution in [0, 0.1) is 21.7 Å². The lowest BCUT2D eigenvalue weighted by atomic mass is 10.2. The molecule has 0 fully saturated rings. The molecule has 0 bridgehead atoms. The Labute approximate surface area is 121 Å². The zero-order chi connectivity index (χ0) is 15.6. The van der Waals surface area contributed by atoms with Crippen LogP contribution in [0.4, 0.5) is 20.2 Å². The zero-order valence-electron chi connectivity index (χ0n) is 10.1. The van der Waals surface area contributed by atoms with Gasteiger partial charge in [-0.25, -0.2) is 13.8 Å². The highest BCUT2D eigenvalue weighted by molar-refractivity contribution is 6.32.